The van der Waals surface area contributed by atoms with Crippen molar-refractivity contribution < 1.29 is 4.79 Å². The molecule has 1 unspecified atom stereocenters. The van der Waals surface area contributed by atoms with Gasteiger partial charge in [-0.15, -0.1) is 5.10 Å². The Morgan fingerprint density at radius 2 is 1.57 bits per heavy atom. The number of nitrogens with one attached hydrogen (secondary N) is 1. The van der Waals surface area contributed by atoms with E-state index in [1.165, 1.54) is 11.8 Å². The molecule has 7 heteroatoms. The van der Waals surface area contributed by atoms with E-state index in [0.29, 0.717) is 5.16 Å². The van der Waals surface area contributed by atoms with Gasteiger partial charge in [0.15, 0.2) is 0 Å². The van der Waals surface area contributed by atoms with Gasteiger partial charge in [-0.05, 0) is 65.2 Å². The Hall–Kier alpha value is -3.45. The normalized spacial score (nSPS) is 11.8. The Labute approximate surface area is 179 Å². The molecule has 0 radical (unpaired) electrons. The molecule has 150 valence electrons. The van der Waals surface area contributed by atoms with Crippen LogP contribution >= 0.6 is 11.8 Å². The Morgan fingerprint density at radius 3 is 2.23 bits per heavy atom. The van der Waals surface area contributed by atoms with E-state index in [4.69, 9.17) is 0 Å². The maximum Gasteiger partial charge on any atom is 0.242 e. The number of para-hydroxylation sites is 1. The zero-order valence-corrected chi connectivity index (χ0v) is 17.5. The van der Waals surface area contributed by atoms with Crippen molar-refractivity contribution in [2.45, 2.75) is 24.3 Å². The number of carbonyl (C=O) groups excluding carboxylic acids is 1. The van der Waals surface area contributed by atoms with Gasteiger partial charge in [0.1, 0.15) is 5.25 Å². The molecule has 1 N–H and O–H groups in total. The van der Waals surface area contributed by atoms with Crippen LogP contribution in [0.5, 0.6) is 0 Å². The first-order chi connectivity index (χ1) is 14.6. The summed E-state index contributed by atoms with van der Waals surface area (Å²) in [6.07, 6.45) is 0. The molecule has 0 aliphatic carbocycles. The number of anilines is 1. The molecule has 0 saturated carbocycles. The molecule has 1 heterocycles. The molecule has 0 aliphatic rings. The molecular formula is C23H21N5OS. The molecule has 0 saturated heterocycles. The Bertz CT molecular complexity index is 1120. The number of benzene rings is 3. The summed E-state index contributed by atoms with van der Waals surface area (Å²) in [6.45, 7) is 4.03. The van der Waals surface area contributed by atoms with E-state index in [-0.39, 0.29) is 5.91 Å². The number of tetrazole rings is 1. The smallest absolute Gasteiger partial charge is 0.242 e. The summed E-state index contributed by atoms with van der Waals surface area (Å²) in [7, 11) is 0. The van der Waals surface area contributed by atoms with E-state index in [2.05, 4.69) is 26.9 Å². The van der Waals surface area contributed by atoms with Gasteiger partial charge in [0.25, 0.3) is 0 Å². The summed E-state index contributed by atoms with van der Waals surface area (Å²) in [5, 5.41) is 15.2. The third-order valence-electron chi connectivity index (χ3n) is 4.49. The predicted octanol–water partition coefficient (Wildman–Crippen LogP) is 4.75. The summed E-state index contributed by atoms with van der Waals surface area (Å²) in [5.74, 6) is -0.126. The highest BCUT2D eigenvalue weighted by Crippen LogP contribution is 2.35. The number of nitrogens with zero attached hydrogens (tertiary/aromatic N) is 4. The first-order valence-corrected chi connectivity index (χ1v) is 10.4. The second kappa shape index (κ2) is 8.92. The molecule has 1 atom stereocenters. The Balaban J connectivity index is 1.65. The predicted molar refractivity (Wildman–Crippen MR) is 119 cm³/mol. The molecular weight excluding hydrogens is 394 g/mol. The van der Waals surface area contributed by atoms with Crippen molar-refractivity contribution in [3.8, 4) is 5.69 Å². The van der Waals surface area contributed by atoms with Crippen molar-refractivity contribution in [3.05, 3.63) is 95.6 Å². The number of aryl methyl sites for hydroxylation is 2. The molecule has 3 aromatic carbocycles. The van der Waals surface area contributed by atoms with Crippen LogP contribution in [0.2, 0.25) is 0 Å². The number of thioether (sulfide) groups is 1. The number of amides is 1. The van der Waals surface area contributed by atoms with Gasteiger partial charge in [-0.3, -0.25) is 4.79 Å². The molecule has 0 aliphatic heterocycles. The van der Waals surface area contributed by atoms with Crippen molar-refractivity contribution in [1.29, 1.82) is 0 Å². The van der Waals surface area contributed by atoms with Crippen LogP contribution in [-0.4, -0.2) is 26.1 Å². The van der Waals surface area contributed by atoms with Gasteiger partial charge < -0.3 is 5.32 Å². The van der Waals surface area contributed by atoms with Crippen LogP contribution in [0, 0.1) is 13.8 Å². The standard InChI is InChI=1S/C23H21N5OS/c1-16-13-17(2)15-19(14-16)24-22(29)21(18-9-5-3-6-10-18)30-23-25-26-27-28(23)20-11-7-4-8-12-20/h3-15,21H,1-2H3,(H,24,29). The van der Waals surface area contributed by atoms with E-state index in [0.717, 1.165) is 28.1 Å². The zero-order chi connectivity index (χ0) is 20.9. The average molecular weight is 416 g/mol. The summed E-state index contributed by atoms with van der Waals surface area (Å²) in [6, 6.07) is 25.3. The van der Waals surface area contributed by atoms with Crippen LogP contribution in [0.3, 0.4) is 0 Å². The van der Waals surface area contributed by atoms with Gasteiger partial charge in [0.2, 0.25) is 11.1 Å². The fraction of sp³-hybridized carbons (Fsp3) is 0.130. The topological polar surface area (TPSA) is 72.7 Å². The number of hydrogen-bond acceptors (Lipinski definition) is 5. The van der Waals surface area contributed by atoms with Crippen LogP contribution in [-0.2, 0) is 4.79 Å². The fourth-order valence-electron chi connectivity index (χ4n) is 3.24. The Morgan fingerprint density at radius 1 is 0.933 bits per heavy atom. The molecule has 0 fully saturated rings. The lowest BCUT2D eigenvalue weighted by molar-refractivity contribution is -0.115. The van der Waals surface area contributed by atoms with Crippen LogP contribution in [0.1, 0.15) is 21.9 Å². The monoisotopic (exact) mass is 415 g/mol. The second-order valence-corrected chi connectivity index (χ2v) is 8.06. The quantitative estimate of drug-likeness (QED) is 0.460. The maximum absolute atomic E-state index is 13.3. The van der Waals surface area contributed by atoms with Crippen molar-refractivity contribution in [3.63, 3.8) is 0 Å². The molecule has 1 amide bonds. The molecule has 0 spiro atoms. The minimum absolute atomic E-state index is 0.126. The number of aromatic nitrogens is 4. The fourth-order valence-corrected chi connectivity index (χ4v) is 4.24. The summed E-state index contributed by atoms with van der Waals surface area (Å²) in [4.78, 5) is 13.3. The van der Waals surface area contributed by atoms with Crippen LogP contribution in [0.4, 0.5) is 5.69 Å². The molecule has 0 bridgehead atoms. The van der Waals surface area contributed by atoms with Crippen LogP contribution in [0.15, 0.2) is 84.0 Å². The molecule has 1 aromatic heterocycles. The minimum Gasteiger partial charge on any atom is -0.325 e. The lowest BCUT2D eigenvalue weighted by Gasteiger charge is -2.17. The lowest BCUT2D eigenvalue weighted by Crippen LogP contribution is -2.19. The number of carbonyl (C=O) groups is 1. The number of rotatable bonds is 6. The van der Waals surface area contributed by atoms with E-state index in [1.807, 2.05) is 86.6 Å². The molecule has 4 rings (SSSR count). The van der Waals surface area contributed by atoms with E-state index in [9.17, 15) is 4.79 Å². The SMILES string of the molecule is Cc1cc(C)cc(NC(=O)C(Sc2nnnn2-c2ccccc2)c2ccccc2)c1. The molecule has 6 nitrogen and oxygen atoms in total. The third-order valence-corrected chi connectivity index (χ3v) is 5.68. The average Bonchev–Trinajstić information content (AvgIpc) is 3.21. The summed E-state index contributed by atoms with van der Waals surface area (Å²) < 4.78 is 1.64. The minimum atomic E-state index is -0.513. The van der Waals surface area contributed by atoms with Gasteiger partial charge in [-0.25, -0.2) is 0 Å². The van der Waals surface area contributed by atoms with Gasteiger partial charge >= 0.3 is 0 Å². The number of hydrogen-bond donors (Lipinski definition) is 1. The second-order valence-electron chi connectivity index (χ2n) is 6.98. The molecule has 30 heavy (non-hydrogen) atoms. The van der Waals surface area contributed by atoms with E-state index >= 15 is 0 Å². The van der Waals surface area contributed by atoms with Crippen molar-refractivity contribution in [2.24, 2.45) is 0 Å². The van der Waals surface area contributed by atoms with Crippen molar-refractivity contribution in [2.75, 3.05) is 5.32 Å². The Kier molecular flexibility index (Phi) is 5.90. The van der Waals surface area contributed by atoms with Gasteiger partial charge in [-0.2, -0.15) is 4.68 Å². The summed E-state index contributed by atoms with van der Waals surface area (Å²) >= 11 is 1.32. The molecule has 4 aromatic rings. The van der Waals surface area contributed by atoms with Gasteiger partial charge in [-0.1, -0.05) is 66.4 Å². The largest absolute Gasteiger partial charge is 0.325 e. The van der Waals surface area contributed by atoms with Crippen LogP contribution in [0.25, 0.3) is 5.69 Å². The highest BCUT2D eigenvalue weighted by molar-refractivity contribution is 8.00. The van der Waals surface area contributed by atoms with Crippen LogP contribution < -0.4 is 5.32 Å². The highest BCUT2D eigenvalue weighted by atomic mass is 32.2. The van der Waals surface area contributed by atoms with Gasteiger partial charge in [0.05, 0.1) is 5.69 Å². The first kappa shape index (κ1) is 19.8. The first-order valence-electron chi connectivity index (χ1n) is 9.55. The van der Waals surface area contributed by atoms with E-state index in [1.54, 1.807) is 4.68 Å². The van der Waals surface area contributed by atoms with Gasteiger partial charge in [0, 0.05) is 5.69 Å². The lowest BCUT2D eigenvalue weighted by atomic mass is 10.1. The van der Waals surface area contributed by atoms with Crippen molar-refractivity contribution in [1.82, 2.24) is 20.2 Å². The third kappa shape index (κ3) is 4.58. The maximum atomic E-state index is 13.3. The van der Waals surface area contributed by atoms with Crippen molar-refractivity contribution >= 4 is 23.4 Å². The van der Waals surface area contributed by atoms with E-state index < -0.39 is 5.25 Å². The highest BCUT2D eigenvalue weighted by Gasteiger charge is 2.25. The zero-order valence-electron chi connectivity index (χ0n) is 16.7. The summed E-state index contributed by atoms with van der Waals surface area (Å²) in [5.41, 5.74) is 4.70.